The van der Waals surface area contributed by atoms with Gasteiger partial charge in [0.15, 0.2) is 5.65 Å². The van der Waals surface area contributed by atoms with Crippen molar-refractivity contribution in [3.8, 4) is 89.7 Å². The Bertz CT molecular complexity index is 6160. The van der Waals surface area contributed by atoms with E-state index in [0.717, 1.165) is 123 Å². The third-order valence-corrected chi connectivity index (χ3v) is 19.0. The Morgan fingerprint density at radius 1 is 0.177 bits per heavy atom. The molecule has 0 spiro atoms. The molecule has 14 aromatic carbocycles. The maximum atomic E-state index is 5.45. The van der Waals surface area contributed by atoms with Crippen LogP contribution in [0.1, 0.15) is 0 Å². The molecule has 0 fully saturated rings. The molecule has 5 aromatic heterocycles. The molecule has 0 aliphatic rings. The molecular formula is C91H57N5. The quantitative estimate of drug-likeness (QED) is 0.142. The Labute approximate surface area is 554 Å². The molecule has 19 aromatic rings. The number of nitrogens with zero attached hydrogens (tertiary/aromatic N) is 5. The Kier molecular flexibility index (Phi) is 13.8. The van der Waals surface area contributed by atoms with E-state index in [1.54, 1.807) is 6.20 Å². The fraction of sp³-hybridized carbons (Fsp3) is 0. The lowest BCUT2D eigenvalue weighted by molar-refractivity contribution is 1.29. The summed E-state index contributed by atoms with van der Waals surface area (Å²) in [5.41, 5.74) is 20.0. The second kappa shape index (κ2) is 23.7. The highest BCUT2D eigenvalue weighted by Gasteiger charge is 2.20. The van der Waals surface area contributed by atoms with Crippen molar-refractivity contribution in [1.82, 2.24) is 24.9 Å². The molecule has 96 heavy (non-hydrogen) atoms. The molecule has 0 saturated carbocycles. The van der Waals surface area contributed by atoms with Crippen LogP contribution in [-0.4, -0.2) is 24.9 Å². The zero-order valence-corrected chi connectivity index (χ0v) is 52.1. The highest BCUT2D eigenvalue weighted by molar-refractivity contribution is 6.33. The molecular weight excluding hydrogens is 1160 g/mol. The Morgan fingerprint density at radius 3 is 0.917 bits per heavy atom. The number of rotatable bonds is 8. The molecule has 0 bridgehead atoms. The van der Waals surface area contributed by atoms with Crippen LogP contribution < -0.4 is 0 Å². The van der Waals surface area contributed by atoms with Crippen LogP contribution >= 0.6 is 0 Å². The molecule has 0 amide bonds. The highest BCUT2D eigenvalue weighted by Crippen LogP contribution is 2.44. The number of benzene rings is 14. The van der Waals surface area contributed by atoms with Gasteiger partial charge >= 0.3 is 0 Å². The molecule has 0 saturated heterocycles. The van der Waals surface area contributed by atoms with E-state index >= 15 is 0 Å². The summed E-state index contributed by atoms with van der Waals surface area (Å²) in [5.74, 6) is 0. The van der Waals surface area contributed by atoms with Crippen molar-refractivity contribution in [2.24, 2.45) is 0 Å². The number of hydrogen-bond donors (Lipinski definition) is 0. The fourth-order valence-corrected chi connectivity index (χ4v) is 14.4. The first-order valence-corrected chi connectivity index (χ1v) is 32.6. The summed E-state index contributed by atoms with van der Waals surface area (Å²) < 4.78 is 0. The van der Waals surface area contributed by atoms with Gasteiger partial charge in [-0.1, -0.05) is 309 Å². The van der Waals surface area contributed by atoms with Crippen molar-refractivity contribution in [2.75, 3.05) is 0 Å². The molecule has 19 rings (SSSR count). The molecule has 0 aliphatic heterocycles. The Hall–Kier alpha value is -12.8. The Balaban J connectivity index is 0.000000141. The number of hydrogen-bond acceptors (Lipinski definition) is 5. The molecule has 5 nitrogen and oxygen atoms in total. The molecule has 0 N–H and O–H groups in total. The summed E-state index contributed by atoms with van der Waals surface area (Å²) in [5, 5.41) is 18.1. The topological polar surface area (TPSA) is 64.5 Å². The predicted octanol–water partition coefficient (Wildman–Crippen LogP) is 24.1. The number of pyridine rings is 5. The van der Waals surface area contributed by atoms with Crippen LogP contribution in [0.4, 0.5) is 0 Å². The smallest absolute Gasteiger partial charge is 0.160 e. The van der Waals surface area contributed by atoms with Crippen LogP contribution in [-0.2, 0) is 0 Å². The molecule has 0 radical (unpaired) electrons. The van der Waals surface area contributed by atoms with E-state index < -0.39 is 0 Å². The normalized spacial score (nSPS) is 11.5. The van der Waals surface area contributed by atoms with Gasteiger partial charge < -0.3 is 0 Å². The van der Waals surface area contributed by atoms with E-state index in [1.807, 2.05) is 24.3 Å². The van der Waals surface area contributed by atoms with E-state index in [9.17, 15) is 0 Å². The minimum atomic E-state index is 0.750. The van der Waals surface area contributed by atoms with E-state index in [2.05, 4.69) is 320 Å². The maximum Gasteiger partial charge on any atom is 0.160 e. The summed E-state index contributed by atoms with van der Waals surface area (Å²) in [4.78, 5) is 25.5. The SMILES string of the molecule is c1ccc(-c2cc(-c3ccc(-c4ccc(-c5nc6c7ccccc7c7ccccc7c6c6ccccc56)cc4)cc3)nc3ncccc23)cc1.c1ccc(-c2cc(-c3ccc(-c4nc5c6ccccc6c6ccccc6c5c5ccccc45)cc3)cc(-c3ccccc3)n2)cc1. The van der Waals surface area contributed by atoms with Crippen molar-refractivity contribution in [2.45, 2.75) is 0 Å². The van der Waals surface area contributed by atoms with Crippen molar-refractivity contribution < 1.29 is 0 Å². The van der Waals surface area contributed by atoms with Gasteiger partial charge in [0, 0.05) is 71.7 Å². The van der Waals surface area contributed by atoms with Crippen molar-refractivity contribution in [3.05, 3.63) is 346 Å². The zero-order chi connectivity index (χ0) is 63.5. The van der Waals surface area contributed by atoms with E-state index in [1.165, 1.54) is 64.6 Å². The van der Waals surface area contributed by atoms with Gasteiger partial charge in [0.2, 0.25) is 0 Å². The number of aromatic nitrogens is 5. The third-order valence-electron chi connectivity index (χ3n) is 19.0. The predicted molar refractivity (Wildman–Crippen MR) is 403 cm³/mol. The fourth-order valence-electron chi connectivity index (χ4n) is 14.4. The second-order valence-corrected chi connectivity index (χ2v) is 24.5. The maximum absolute atomic E-state index is 5.45. The lowest BCUT2D eigenvalue weighted by Crippen LogP contribution is -1.93. The summed E-state index contributed by atoms with van der Waals surface area (Å²) in [7, 11) is 0. The number of fused-ring (bicyclic) bond motifs is 17. The van der Waals surface area contributed by atoms with Crippen molar-refractivity contribution in [1.29, 1.82) is 0 Å². The summed E-state index contributed by atoms with van der Waals surface area (Å²) in [6.45, 7) is 0. The van der Waals surface area contributed by atoms with Crippen LogP contribution in [0.25, 0.3) is 187 Å². The first kappa shape index (κ1) is 56.0. The first-order chi connectivity index (χ1) is 47.6. The summed E-state index contributed by atoms with van der Waals surface area (Å²) >= 11 is 0. The van der Waals surface area contributed by atoms with Gasteiger partial charge in [0.1, 0.15) is 0 Å². The average molecular weight is 1220 g/mol. The first-order valence-electron chi connectivity index (χ1n) is 32.6. The lowest BCUT2D eigenvalue weighted by atomic mass is 9.92. The van der Waals surface area contributed by atoms with Gasteiger partial charge in [-0.25, -0.2) is 24.9 Å². The van der Waals surface area contributed by atoms with E-state index in [0.29, 0.717) is 0 Å². The second-order valence-electron chi connectivity index (χ2n) is 24.5. The summed E-state index contributed by atoms with van der Waals surface area (Å²) in [6.07, 6.45) is 1.81. The van der Waals surface area contributed by atoms with Gasteiger partial charge in [-0.2, -0.15) is 0 Å². The van der Waals surface area contributed by atoms with E-state index in [-0.39, 0.29) is 0 Å². The molecule has 5 heteroatoms. The molecule has 5 heterocycles. The summed E-state index contributed by atoms with van der Waals surface area (Å²) in [6, 6.07) is 120. The zero-order valence-electron chi connectivity index (χ0n) is 52.1. The molecule has 446 valence electrons. The van der Waals surface area contributed by atoms with Gasteiger partial charge in [0.05, 0.1) is 39.5 Å². The van der Waals surface area contributed by atoms with Crippen LogP contribution in [0.15, 0.2) is 346 Å². The standard InChI is InChI=1S/C47H29N3.C44H28N2/c1-2-11-32(12-3-1)42-29-43(49-47-41(42)19-10-28-48-47)33-24-20-30(21-25-33)31-22-26-34(27-23-31)45-40-18-9-7-16-38(40)44-37-15-6-4-13-35(37)36-14-5-8-17-39(36)46(44)50-45;1-3-13-30(14-4-1)40-27-33(28-41(45-40)31-15-5-2-6-16-31)29-23-25-32(26-24-29)43-39-22-12-10-20-37(39)42-36-19-9-7-17-34(36)35-18-8-11-21-38(35)44(42)46-43/h1-29H;1-28H. The van der Waals surface area contributed by atoms with Crippen LogP contribution in [0.3, 0.4) is 0 Å². The minimum Gasteiger partial charge on any atom is -0.248 e. The van der Waals surface area contributed by atoms with Crippen molar-refractivity contribution >= 4 is 97.5 Å². The van der Waals surface area contributed by atoms with Gasteiger partial charge in [-0.05, 0) is 107 Å². The van der Waals surface area contributed by atoms with Crippen LogP contribution in [0.2, 0.25) is 0 Å². The monoisotopic (exact) mass is 1220 g/mol. The minimum absolute atomic E-state index is 0.750. The molecule has 0 atom stereocenters. The van der Waals surface area contributed by atoms with Gasteiger partial charge in [-0.15, -0.1) is 0 Å². The van der Waals surface area contributed by atoms with Gasteiger partial charge in [-0.3, -0.25) is 0 Å². The lowest BCUT2D eigenvalue weighted by Gasteiger charge is -2.15. The molecule has 0 aliphatic carbocycles. The van der Waals surface area contributed by atoms with Crippen LogP contribution in [0, 0.1) is 0 Å². The highest BCUT2D eigenvalue weighted by atomic mass is 14.8. The van der Waals surface area contributed by atoms with Gasteiger partial charge in [0.25, 0.3) is 0 Å². The third kappa shape index (κ3) is 9.85. The molecule has 0 unspecified atom stereocenters. The average Bonchev–Trinajstić information content (AvgIpc) is 0.736. The van der Waals surface area contributed by atoms with Crippen molar-refractivity contribution in [3.63, 3.8) is 0 Å². The van der Waals surface area contributed by atoms with Crippen LogP contribution in [0.5, 0.6) is 0 Å². The van der Waals surface area contributed by atoms with E-state index in [4.69, 9.17) is 19.9 Å². The Morgan fingerprint density at radius 2 is 0.479 bits per heavy atom. The largest absolute Gasteiger partial charge is 0.248 e.